The number of nitrogens with zero attached hydrogens (tertiary/aromatic N) is 4. The van der Waals surface area contributed by atoms with E-state index < -0.39 is 5.82 Å². The van der Waals surface area contributed by atoms with Gasteiger partial charge >= 0.3 is 0 Å². The normalized spacial score (nSPS) is 16.3. The molecule has 0 spiro atoms. The molecule has 8 heteroatoms. The van der Waals surface area contributed by atoms with Crippen molar-refractivity contribution in [1.29, 1.82) is 0 Å². The smallest absolute Gasteiger partial charge is 0.271 e. The third kappa shape index (κ3) is 3.90. The minimum atomic E-state index is -0.408. The maximum absolute atomic E-state index is 14.1. The Morgan fingerprint density at radius 1 is 1.10 bits per heavy atom. The Kier molecular flexibility index (Phi) is 5.63. The number of amides is 1. The minimum Gasteiger partial charge on any atom is -0.353 e. The first-order valence-electron chi connectivity index (χ1n) is 9.42. The SMILES string of the molecule is Cl.O=C1C=c2cc(CCN3CCN(c4nsc5ccccc45)CC3)cc(F)c2=N1. The van der Waals surface area contributed by atoms with Gasteiger partial charge in [-0.25, -0.2) is 9.38 Å². The van der Waals surface area contributed by atoms with E-state index in [1.54, 1.807) is 11.5 Å². The Morgan fingerprint density at radius 3 is 2.72 bits per heavy atom. The summed E-state index contributed by atoms with van der Waals surface area (Å²) in [6.07, 6.45) is 2.16. The highest BCUT2D eigenvalue weighted by Crippen LogP contribution is 2.29. The molecule has 0 atom stereocenters. The molecule has 2 aliphatic heterocycles. The van der Waals surface area contributed by atoms with Gasteiger partial charge in [-0.05, 0) is 47.8 Å². The molecular weight excluding hydrogens is 411 g/mol. The second-order valence-electron chi connectivity index (χ2n) is 7.19. The lowest BCUT2D eigenvalue weighted by molar-refractivity contribution is -0.112. The summed E-state index contributed by atoms with van der Waals surface area (Å²) in [5.41, 5.74) is 0.908. The van der Waals surface area contributed by atoms with Gasteiger partial charge in [0.25, 0.3) is 5.91 Å². The molecule has 3 heterocycles. The van der Waals surface area contributed by atoms with Crippen molar-refractivity contribution in [3.8, 4) is 0 Å². The summed E-state index contributed by atoms with van der Waals surface area (Å²) in [7, 11) is 0. The Balaban J connectivity index is 0.00000205. The van der Waals surface area contributed by atoms with Gasteiger partial charge in [0.15, 0.2) is 0 Å². The van der Waals surface area contributed by atoms with Gasteiger partial charge in [-0.15, -0.1) is 12.4 Å². The summed E-state index contributed by atoms with van der Waals surface area (Å²) < 4.78 is 20.0. The lowest BCUT2D eigenvalue weighted by atomic mass is 10.1. The van der Waals surface area contributed by atoms with Crippen LogP contribution in [0.2, 0.25) is 0 Å². The van der Waals surface area contributed by atoms with Crippen LogP contribution < -0.4 is 15.5 Å². The van der Waals surface area contributed by atoms with Gasteiger partial charge in [0, 0.05) is 49.4 Å². The summed E-state index contributed by atoms with van der Waals surface area (Å²) in [6.45, 7) is 4.66. The second kappa shape index (κ2) is 8.18. The largest absolute Gasteiger partial charge is 0.353 e. The van der Waals surface area contributed by atoms with E-state index in [1.165, 1.54) is 22.2 Å². The molecule has 0 radical (unpaired) electrons. The number of halogens is 2. The standard InChI is InChI=1S/C21H19FN4OS.ClH/c22-17-12-14(11-15-13-19(27)23-20(15)17)5-6-25-7-9-26(10-8-25)21-16-3-1-2-4-18(16)28-24-21;/h1-4,11-13H,5-10H2;1H. The summed E-state index contributed by atoms with van der Waals surface area (Å²) in [5.74, 6) is 0.302. The minimum absolute atomic E-state index is 0. The maximum atomic E-state index is 14.1. The molecule has 1 amide bonds. The molecule has 1 saturated heterocycles. The van der Waals surface area contributed by atoms with Gasteiger partial charge in [0.05, 0.1) is 4.70 Å². The fraction of sp³-hybridized carbons (Fsp3) is 0.286. The van der Waals surface area contributed by atoms with Gasteiger partial charge in [0.2, 0.25) is 0 Å². The first kappa shape index (κ1) is 19.9. The van der Waals surface area contributed by atoms with Gasteiger partial charge in [0.1, 0.15) is 17.0 Å². The fourth-order valence-electron chi connectivity index (χ4n) is 3.90. The molecule has 1 aromatic heterocycles. The quantitative estimate of drug-likeness (QED) is 0.636. The number of carbonyl (C=O) groups excluding carboxylic acids is 1. The molecule has 0 unspecified atom stereocenters. The number of carbonyl (C=O) groups is 1. The molecule has 29 heavy (non-hydrogen) atoms. The summed E-state index contributed by atoms with van der Waals surface area (Å²) in [5, 5.41) is 2.00. The van der Waals surface area contributed by atoms with Gasteiger partial charge in [-0.3, -0.25) is 9.69 Å². The third-order valence-electron chi connectivity index (χ3n) is 5.40. The van der Waals surface area contributed by atoms with E-state index in [-0.39, 0.29) is 23.7 Å². The van der Waals surface area contributed by atoms with Crippen LogP contribution in [-0.4, -0.2) is 47.9 Å². The van der Waals surface area contributed by atoms with Gasteiger partial charge in [-0.1, -0.05) is 12.1 Å². The molecule has 0 aliphatic carbocycles. The van der Waals surface area contributed by atoms with Crippen LogP contribution in [0.1, 0.15) is 5.56 Å². The number of hydrogen-bond donors (Lipinski definition) is 0. The molecule has 0 saturated carbocycles. The molecule has 1 fully saturated rings. The van der Waals surface area contributed by atoms with E-state index in [2.05, 4.69) is 37.4 Å². The van der Waals surface area contributed by atoms with Crippen molar-refractivity contribution < 1.29 is 9.18 Å². The molecule has 150 valence electrons. The maximum Gasteiger partial charge on any atom is 0.271 e. The van der Waals surface area contributed by atoms with E-state index in [1.807, 2.05) is 12.1 Å². The van der Waals surface area contributed by atoms with Crippen molar-refractivity contribution in [2.45, 2.75) is 6.42 Å². The van der Waals surface area contributed by atoms with Gasteiger partial charge in [-0.2, -0.15) is 4.37 Å². The molecule has 5 nitrogen and oxygen atoms in total. The van der Waals surface area contributed by atoms with E-state index in [9.17, 15) is 9.18 Å². The number of benzene rings is 2. The van der Waals surface area contributed by atoms with Gasteiger partial charge < -0.3 is 4.90 Å². The highest BCUT2D eigenvalue weighted by molar-refractivity contribution is 7.13. The first-order valence-corrected chi connectivity index (χ1v) is 10.2. The summed E-state index contributed by atoms with van der Waals surface area (Å²) in [6, 6.07) is 11.7. The molecule has 2 aromatic carbocycles. The van der Waals surface area contributed by atoms with Crippen molar-refractivity contribution in [3.05, 3.63) is 58.4 Å². The molecular formula is C21H20ClFN4OS. The highest BCUT2D eigenvalue weighted by Gasteiger charge is 2.20. The van der Waals surface area contributed by atoms with Crippen LogP contribution in [0.25, 0.3) is 16.2 Å². The predicted octanol–water partition coefficient (Wildman–Crippen LogP) is 2.16. The van der Waals surface area contributed by atoms with Crippen molar-refractivity contribution in [2.24, 2.45) is 4.99 Å². The average molecular weight is 431 g/mol. The van der Waals surface area contributed by atoms with Crippen molar-refractivity contribution >= 4 is 51.8 Å². The van der Waals surface area contributed by atoms with Crippen LogP contribution >= 0.6 is 23.9 Å². The number of piperazine rings is 1. The predicted molar refractivity (Wildman–Crippen MR) is 116 cm³/mol. The monoisotopic (exact) mass is 430 g/mol. The summed E-state index contributed by atoms with van der Waals surface area (Å²) in [4.78, 5) is 19.8. The second-order valence-corrected chi connectivity index (χ2v) is 8.00. The van der Waals surface area contributed by atoms with Crippen LogP contribution in [0.15, 0.2) is 41.4 Å². The lowest BCUT2D eigenvalue weighted by Gasteiger charge is -2.35. The molecule has 2 aliphatic rings. The van der Waals surface area contributed by atoms with Crippen LogP contribution in [0, 0.1) is 5.82 Å². The molecule has 0 bridgehead atoms. The average Bonchev–Trinajstić information content (AvgIpc) is 3.30. The zero-order valence-corrected chi connectivity index (χ0v) is 17.3. The van der Waals surface area contributed by atoms with Crippen LogP contribution in [0.5, 0.6) is 0 Å². The van der Waals surface area contributed by atoms with E-state index >= 15 is 0 Å². The Hall–Kier alpha value is -2.35. The van der Waals surface area contributed by atoms with Crippen molar-refractivity contribution in [1.82, 2.24) is 9.27 Å². The number of anilines is 1. The Bertz CT molecular complexity index is 1190. The number of fused-ring (bicyclic) bond motifs is 2. The fourth-order valence-corrected chi connectivity index (χ4v) is 4.69. The van der Waals surface area contributed by atoms with E-state index in [0.717, 1.165) is 50.5 Å². The molecule has 3 aromatic rings. The highest BCUT2D eigenvalue weighted by atomic mass is 35.5. The van der Waals surface area contributed by atoms with E-state index in [0.29, 0.717) is 5.22 Å². The molecule has 5 rings (SSSR count). The summed E-state index contributed by atoms with van der Waals surface area (Å²) >= 11 is 1.55. The first-order chi connectivity index (χ1) is 13.7. The Labute approximate surface area is 177 Å². The lowest BCUT2D eigenvalue weighted by Crippen LogP contribution is -2.47. The Morgan fingerprint density at radius 2 is 1.90 bits per heavy atom. The van der Waals surface area contributed by atoms with Crippen molar-refractivity contribution in [2.75, 3.05) is 37.6 Å². The zero-order valence-electron chi connectivity index (χ0n) is 15.7. The van der Waals surface area contributed by atoms with Crippen LogP contribution in [0.4, 0.5) is 10.2 Å². The van der Waals surface area contributed by atoms with E-state index in [4.69, 9.17) is 0 Å². The number of aromatic nitrogens is 1. The number of hydrogen-bond acceptors (Lipinski definition) is 5. The van der Waals surface area contributed by atoms with Crippen LogP contribution in [0.3, 0.4) is 0 Å². The number of rotatable bonds is 4. The zero-order chi connectivity index (χ0) is 19.1. The van der Waals surface area contributed by atoms with Crippen molar-refractivity contribution in [3.63, 3.8) is 0 Å². The van der Waals surface area contributed by atoms with Crippen LogP contribution in [-0.2, 0) is 11.2 Å². The molecule has 0 N–H and O–H groups in total. The topological polar surface area (TPSA) is 48.8 Å². The third-order valence-corrected chi connectivity index (χ3v) is 6.22.